The van der Waals surface area contributed by atoms with Gasteiger partial charge in [-0.1, -0.05) is 44.2 Å². The molecule has 0 aliphatic carbocycles. The van der Waals surface area contributed by atoms with Gasteiger partial charge in [-0.2, -0.15) is 0 Å². The van der Waals surface area contributed by atoms with E-state index in [4.69, 9.17) is 4.74 Å². The van der Waals surface area contributed by atoms with Gasteiger partial charge in [0.05, 0.1) is 6.61 Å². The number of rotatable bonds is 9. The molecule has 0 amide bonds. The summed E-state index contributed by atoms with van der Waals surface area (Å²) < 4.78 is 5.82. The van der Waals surface area contributed by atoms with Crippen LogP contribution in [0.2, 0.25) is 0 Å². The summed E-state index contributed by atoms with van der Waals surface area (Å²) in [5.74, 6) is 0.997. The van der Waals surface area contributed by atoms with Crippen molar-refractivity contribution < 1.29 is 4.74 Å². The van der Waals surface area contributed by atoms with Crippen molar-refractivity contribution in [2.24, 2.45) is 0 Å². The first-order valence-electron chi connectivity index (χ1n) is 8.36. The Bertz CT molecular complexity index is 589. The number of nitrogens with zero attached hydrogens (tertiary/aromatic N) is 1. The third-order valence-corrected chi connectivity index (χ3v) is 4.10. The van der Waals surface area contributed by atoms with Crippen molar-refractivity contribution in [2.75, 3.05) is 32.8 Å². The molecule has 0 aliphatic heterocycles. The molecule has 0 saturated heterocycles. The Kier molecular flexibility index (Phi) is 11.9. The Morgan fingerprint density at radius 2 is 1.67 bits per heavy atom. The van der Waals surface area contributed by atoms with Crippen LogP contribution in [0.25, 0.3) is 10.8 Å². The minimum atomic E-state index is 0. The number of benzene rings is 2. The molecule has 0 spiro atoms. The van der Waals surface area contributed by atoms with E-state index < -0.39 is 0 Å². The average Bonchev–Trinajstić information content (AvgIpc) is 2.56. The van der Waals surface area contributed by atoms with Gasteiger partial charge in [0.1, 0.15) is 5.75 Å². The lowest BCUT2D eigenvalue weighted by atomic mass is 10.0. The summed E-state index contributed by atoms with van der Waals surface area (Å²) >= 11 is 0. The molecule has 0 bridgehead atoms. The topological polar surface area (TPSA) is 24.5 Å². The predicted octanol–water partition coefficient (Wildman–Crippen LogP) is 4.51. The zero-order chi connectivity index (χ0) is 15.8. The Morgan fingerprint density at radius 1 is 0.958 bits per heavy atom. The standard InChI is InChI=1S/C19H28N2O.2ClH/c1-4-21(5-2)14-13-20-15-18-17-10-8-7-9-16(17)11-12-19(18)22-6-3;;/h7-12,20H,4-6,13-15H2,1-3H3;2*1H. The molecule has 0 aliphatic rings. The summed E-state index contributed by atoms with van der Waals surface area (Å²) in [4.78, 5) is 2.43. The van der Waals surface area contributed by atoms with Crippen molar-refractivity contribution in [3.05, 3.63) is 42.0 Å². The van der Waals surface area contributed by atoms with Crippen molar-refractivity contribution in [3.63, 3.8) is 0 Å². The fraction of sp³-hybridized carbons (Fsp3) is 0.474. The smallest absolute Gasteiger partial charge is 0.124 e. The lowest BCUT2D eigenvalue weighted by molar-refractivity contribution is 0.301. The highest BCUT2D eigenvalue weighted by Crippen LogP contribution is 2.28. The third-order valence-electron chi connectivity index (χ3n) is 4.10. The van der Waals surface area contributed by atoms with Crippen molar-refractivity contribution in [1.29, 1.82) is 0 Å². The number of likely N-dealkylation sites (N-methyl/N-ethyl adjacent to an activating group) is 1. The van der Waals surface area contributed by atoms with E-state index in [2.05, 4.69) is 60.5 Å². The zero-order valence-electron chi connectivity index (χ0n) is 14.9. The first-order chi connectivity index (χ1) is 10.8. The van der Waals surface area contributed by atoms with Gasteiger partial charge in [0.15, 0.2) is 0 Å². The number of halogens is 2. The van der Waals surface area contributed by atoms with Crippen LogP contribution in [-0.4, -0.2) is 37.7 Å². The molecule has 0 heterocycles. The molecule has 5 heteroatoms. The summed E-state index contributed by atoms with van der Waals surface area (Å²) in [6, 6.07) is 12.7. The van der Waals surface area contributed by atoms with Gasteiger partial charge < -0.3 is 15.0 Å². The molecular formula is C19H30Cl2N2O. The van der Waals surface area contributed by atoms with Crippen LogP contribution in [0.5, 0.6) is 5.75 Å². The Hall–Kier alpha value is -1.00. The summed E-state index contributed by atoms with van der Waals surface area (Å²) in [6.07, 6.45) is 0. The van der Waals surface area contributed by atoms with Gasteiger partial charge in [-0.05, 0) is 36.9 Å². The molecule has 0 fully saturated rings. The highest BCUT2D eigenvalue weighted by molar-refractivity contribution is 5.87. The van der Waals surface area contributed by atoms with E-state index in [1.165, 1.54) is 16.3 Å². The maximum absolute atomic E-state index is 5.82. The molecule has 2 aromatic carbocycles. The van der Waals surface area contributed by atoms with Crippen molar-refractivity contribution in [2.45, 2.75) is 27.3 Å². The largest absolute Gasteiger partial charge is 0.494 e. The van der Waals surface area contributed by atoms with E-state index in [1.807, 2.05) is 6.92 Å². The molecular weight excluding hydrogens is 343 g/mol. The molecule has 0 atom stereocenters. The molecule has 0 saturated carbocycles. The number of hydrogen-bond donors (Lipinski definition) is 1. The van der Waals surface area contributed by atoms with E-state index in [-0.39, 0.29) is 24.8 Å². The highest BCUT2D eigenvalue weighted by Gasteiger charge is 2.08. The second-order valence-electron chi connectivity index (χ2n) is 5.40. The second kappa shape index (κ2) is 12.4. The SMILES string of the molecule is CCOc1ccc2ccccc2c1CNCCN(CC)CC.Cl.Cl. The number of ether oxygens (including phenoxy) is 1. The second-order valence-corrected chi connectivity index (χ2v) is 5.40. The third kappa shape index (κ3) is 6.14. The van der Waals surface area contributed by atoms with Crippen LogP contribution >= 0.6 is 24.8 Å². The van der Waals surface area contributed by atoms with Crippen molar-refractivity contribution in [1.82, 2.24) is 10.2 Å². The van der Waals surface area contributed by atoms with Gasteiger partial charge in [-0.3, -0.25) is 0 Å². The van der Waals surface area contributed by atoms with Crippen LogP contribution in [0.1, 0.15) is 26.3 Å². The molecule has 2 aromatic rings. The normalized spacial score (nSPS) is 10.3. The Morgan fingerprint density at radius 3 is 2.33 bits per heavy atom. The van der Waals surface area contributed by atoms with E-state index >= 15 is 0 Å². The van der Waals surface area contributed by atoms with E-state index in [0.717, 1.165) is 38.5 Å². The zero-order valence-corrected chi connectivity index (χ0v) is 16.5. The van der Waals surface area contributed by atoms with Gasteiger partial charge in [0, 0.05) is 25.2 Å². The highest BCUT2D eigenvalue weighted by atomic mass is 35.5. The minimum absolute atomic E-state index is 0. The van der Waals surface area contributed by atoms with Crippen molar-refractivity contribution >= 4 is 35.6 Å². The Balaban J connectivity index is 0.00000264. The summed E-state index contributed by atoms with van der Waals surface area (Å²) in [5, 5.41) is 6.12. The maximum atomic E-state index is 5.82. The summed E-state index contributed by atoms with van der Waals surface area (Å²) in [5.41, 5.74) is 1.26. The van der Waals surface area contributed by atoms with Gasteiger partial charge >= 0.3 is 0 Å². The van der Waals surface area contributed by atoms with Crippen LogP contribution in [0.4, 0.5) is 0 Å². The molecule has 3 nitrogen and oxygen atoms in total. The minimum Gasteiger partial charge on any atom is -0.494 e. The van der Waals surface area contributed by atoms with Gasteiger partial charge in [-0.15, -0.1) is 24.8 Å². The molecule has 136 valence electrons. The van der Waals surface area contributed by atoms with E-state index in [0.29, 0.717) is 6.61 Å². The number of hydrogen-bond acceptors (Lipinski definition) is 3. The molecule has 2 rings (SSSR count). The van der Waals surface area contributed by atoms with E-state index in [1.54, 1.807) is 0 Å². The first kappa shape index (κ1) is 23.0. The number of nitrogens with one attached hydrogen (secondary N) is 1. The molecule has 0 unspecified atom stereocenters. The molecule has 0 radical (unpaired) electrons. The van der Waals surface area contributed by atoms with E-state index in [9.17, 15) is 0 Å². The van der Waals surface area contributed by atoms with Crippen LogP contribution < -0.4 is 10.1 Å². The lowest BCUT2D eigenvalue weighted by Crippen LogP contribution is -2.31. The van der Waals surface area contributed by atoms with Crippen LogP contribution in [0.15, 0.2) is 36.4 Å². The Labute approximate surface area is 158 Å². The van der Waals surface area contributed by atoms with Crippen LogP contribution in [0.3, 0.4) is 0 Å². The molecule has 1 N–H and O–H groups in total. The summed E-state index contributed by atoms with van der Waals surface area (Å²) in [6.45, 7) is 12.3. The van der Waals surface area contributed by atoms with Crippen LogP contribution in [0, 0.1) is 0 Å². The van der Waals surface area contributed by atoms with Gasteiger partial charge in [0.2, 0.25) is 0 Å². The predicted molar refractivity (Wildman–Crippen MR) is 109 cm³/mol. The lowest BCUT2D eigenvalue weighted by Gasteiger charge is -2.19. The first-order valence-corrected chi connectivity index (χ1v) is 8.36. The van der Waals surface area contributed by atoms with Crippen LogP contribution in [-0.2, 0) is 6.54 Å². The molecule has 0 aromatic heterocycles. The van der Waals surface area contributed by atoms with Gasteiger partial charge in [0.25, 0.3) is 0 Å². The fourth-order valence-corrected chi connectivity index (χ4v) is 2.78. The summed E-state index contributed by atoms with van der Waals surface area (Å²) in [7, 11) is 0. The maximum Gasteiger partial charge on any atom is 0.124 e. The quantitative estimate of drug-likeness (QED) is 0.655. The van der Waals surface area contributed by atoms with Crippen molar-refractivity contribution in [3.8, 4) is 5.75 Å². The van der Waals surface area contributed by atoms with Gasteiger partial charge in [-0.25, -0.2) is 0 Å². The average molecular weight is 373 g/mol. The fourth-order valence-electron chi connectivity index (χ4n) is 2.78. The number of fused-ring (bicyclic) bond motifs is 1. The molecule has 24 heavy (non-hydrogen) atoms. The monoisotopic (exact) mass is 372 g/mol.